The predicted octanol–water partition coefficient (Wildman–Crippen LogP) is 4.93. The van der Waals surface area contributed by atoms with Crippen LogP contribution in [0.25, 0.3) is 0 Å². The first-order valence-corrected chi connectivity index (χ1v) is 14.9. The Hall–Kier alpha value is -1.98. The number of sulfonamides is 1. The number of carbonyl (C=O) groups is 2. The lowest BCUT2D eigenvalue weighted by Crippen LogP contribution is -2.35. The smallest absolute Gasteiger partial charge is 0.341 e. The van der Waals surface area contributed by atoms with E-state index in [9.17, 15) is 18.0 Å². The number of nitrogens with one attached hydrogen (secondary N) is 1. The summed E-state index contributed by atoms with van der Waals surface area (Å²) in [4.78, 5) is 29.5. The van der Waals surface area contributed by atoms with E-state index in [1.807, 2.05) is 0 Å². The molecule has 1 N–H and O–H groups in total. The summed E-state index contributed by atoms with van der Waals surface area (Å²) in [5.74, 6) is -0.819. The Balaban J connectivity index is 0.00000380. The van der Waals surface area contributed by atoms with Gasteiger partial charge in [-0.1, -0.05) is 12.8 Å². The molecule has 37 heavy (non-hydrogen) atoms. The second-order valence-electron chi connectivity index (χ2n) is 9.54. The lowest BCUT2D eigenvalue weighted by atomic mass is 10.0. The Bertz CT molecular complexity index is 1200. The quantitative estimate of drug-likeness (QED) is 0.475. The van der Waals surface area contributed by atoms with Crippen molar-refractivity contribution in [3.05, 3.63) is 45.8 Å². The third-order valence-corrected chi connectivity index (χ3v) is 9.89. The van der Waals surface area contributed by atoms with Crippen molar-refractivity contribution >= 4 is 50.6 Å². The Morgan fingerprint density at radius 2 is 1.70 bits per heavy atom. The van der Waals surface area contributed by atoms with Crippen LogP contribution in [0.4, 0.5) is 5.00 Å². The number of hydrogen-bond acceptors (Lipinski definition) is 7. The fraction of sp³-hybridized carbons (Fsp3) is 0.538. The van der Waals surface area contributed by atoms with Gasteiger partial charge in [0, 0.05) is 42.7 Å². The molecule has 1 fully saturated rings. The highest BCUT2D eigenvalue weighted by Crippen LogP contribution is 2.38. The van der Waals surface area contributed by atoms with Gasteiger partial charge in [-0.2, -0.15) is 4.31 Å². The summed E-state index contributed by atoms with van der Waals surface area (Å²) in [6, 6.07) is 6.41. The second kappa shape index (κ2) is 12.7. The summed E-state index contributed by atoms with van der Waals surface area (Å²) in [6.45, 7) is 8.92. The Morgan fingerprint density at radius 3 is 2.30 bits per heavy atom. The molecule has 0 bridgehead atoms. The zero-order chi connectivity index (χ0) is 25.9. The first-order valence-electron chi connectivity index (χ1n) is 12.7. The molecule has 4 rings (SSSR count). The summed E-state index contributed by atoms with van der Waals surface area (Å²) in [5.41, 5.74) is 1.72. The first kappa shape index (κ1) is 29.6. The molecule has 1 aromatic carbocycles. The summed E-state index contributed by atoms with van der Waals surface area (Å²) >= 11 is 1.41. The maximum absolute atomic E-state index is 13.1. The van der Waals surface area contributed by atoms with Crippen LogP contribution in [0.1, 0.15) is 77.6 Å². The van der Waals surface area contributed by atoms with Crippen molar-refractivity contribution in [1.82, 2.24) is 9.21 Å². The Morgan fingerprint density at radius 1 is 1.05 bits per heavy atom. The van der Waals surface area contributed by atoms with Crippen molar-refractivity contribution in [2.45, 2.75) is 70.4 Å². The monoisotopic (exact) mass is 569 g/mol. The number of benzene rings is 1. The molecule has 0 atom stereocenters. The van der Waals surface area contributed by atoms with E-state index >= 15 is 0 Å². The van der Waals surface area contributed by atoms with E-state index in [2.05, 4.69) is 24.1 Å². The normalized spacial score (nSPS) is 17.0. The summed E-state index contributed by atoms with van der Waals surface area (Å²) < 4.78 is 32.9. The topological polar surface area (TPSA) is 96.0 Å². The molecule has 11 heteroatoms. The molecule has 1 amide bonds. The number of esters is 1. The molecule has 1 aromatic heterocycles. The third-order valence-electron chi connectivity index (χ3n) is 6.84. The number of fused-ring (bicyclic) bond motifs is 1. The number of ether oxygens (including phenoxy) is 1. The Kier molecular flexibility index (Phi) is 10.2. The molecule has 2 aliphatic rings. The van der Waals surface area contributed by atoms with Crippen LogP contribution in [-0.4, -0.2) is 61.8 Å². The first-order chi connectivity index (χ1) is 17.2. The zero-order valence-electron chi connectivity index (χ0n) is 21.6. The number of hydrogen-bond donors (Lipinski definition) is 1. The standard InChI is InChI=1S/C26H35N3O5S2.ClH/c1-4-34-26(31)23-21-13-16-28(18(2)3)17-22(21)35-25(23)27-24(30)19-9-11-20(12-10-19)36(32,33)29-14-7-5-6-8-15-29;/h9-12,18H,4-8,13-17H2,1-3H3,(H,27,30);1H. The summed E-state index contributed by atoms with van der Waals surface area (Å²) in [7, 11) is -3.59. The lowest BCUT2D eigenvalue weighted by Gasteiger charge is -2.30. The van der Waals surface area contributed by atoms with Crippen LogP contribution in [0.3, 0.4) is 0 Å². The van der Waals surface area contributed by atoms with E-state index in [4.69, 9.17) is 4.74 Å². The molecule has 0 aliphatic carbocycles. The maximum atomic E-state index is 13.1. The molecule has 0 spiro atoms. The second-order valence-corrected chi connectivity index (χ2v) is 12.6. The highest BCUT2D eigenvalue weighted by molar-refractivity contribution is 7.89. The van der Waals surface area contributed by atoms with E-state index in [-0.39, 0.29) is 23.9 Å². The van der Waals surface area contributed by atoms with Crippen LogP contribution in [0, 0.1) is 0 Å². The van der Waals surface area contributed by atoms with Gasteiger partial charge < -0.3 is 10.1 Å². The molecule has 2 aliphatic heterocycles. The van der Waals surface area contributed by atoms with Gasteiger partial charge in [0.1, 0.15) is 5.00 Å². The molecule has 0 saturated carbocycles. The largest absolute Gasteiger partial charge is 0.462 e. The molecule has 0 unspecified atom stereocenters. The van der Waals surface area contributed by atoms with Crippen LogP contribution < -0.4 is 5.32 Å². The molecular formula is C26H36ClN3O5S2. The minimum atomic E-state index is -3.59. The minimum absolute atomic E-state index is 0. The van der Waals surface area contributed by atoms with Crippen LogP contribution in [-0.2, 0) is 27.7 Å². The van der Waals surface area contributed by atoms with Gasteiger partial charge in [0.15, 0.2) is 0 Å². The molecule has 8 nitrogen and oxygen atoms in total. The van der Waals surface area contributed by atoms with Crippen LogP contribution in [0.5, 0.6) is 0 Å². The summed E-state index contributed by atoms with van der Waals surface area (Å²) in [5, 5.41) is 3.38. The van der Waals surface area contributed by atoms with Gasteiger partial charge >= 0.3 is 5.97 Å². The lowest BCUT2D eigenvalue weighted by molar-refractivity contribution is 0.0526. The molecule has 3 heterocycles. The van der Waals surface area contributed by atoms with Crippen LogP contribution in [0.15, 0.2) is 29.2 Å². The van der Waals surface area contributed by atoms with E-state index in [0.29, 0.717) is 35.3 Å². The highest BCUT2D eigenvalue weighted by atomic mass is 35.5. The van der Waals surface area contributed by atoms with Gasteiger partial charge in [-0.05, 0) is 69.9 Å². The number of nitrogens with zero attached hydrogens (tertiary/aromatic N) is 2. The van der Waals surface area contributed by atoms with Crippen molar-refractivity contribution in [3.63, 3.8) is 0 Å². The third kappa shape index (κ3) is 6.54. The van der Waals surface area contributed by atoms with Gasteiger partial charge in [0.25, 0.3) is 5.91 Å². The number of halogens is 1. The highest BCUT2D eigenvalue weighted by Gasteiger charge is 2.31. The Labute approximate surface area is 229 Å². The van der Waals surface area contributed by atoms with Gasteiger partial charge in [-0.25, -0.2) is 13.2 Å². The number of anilines is 1. The predicted molar refractivity (Wildman–Crippen MR) is 148 cm³/mol. The van der Waals surface area contributed by atoms with E-state index < -0.39 is 21.9 Å². The van der Waals surface area contributed by atoms with Crippen molar-refractivity contribution in [2.24, 2.45) is 0 Å². The fourth-order valence-electron chi connectivity index (χ4n) is 4.76. The van der Waals surface area contributed by atoms with E-state index in [1.165, 1.54) is 39.9 Å². The average molecular weight is 570 g/mol. The molecule has 204 valence electrons. The fourth-order valence-corrected chi connectivity index (χ4v) is 7.53. The van der Waals surface area contributed by atoms with Crippen LogP contribution in [0.2, 0.25) is 0 Å². The van der Waals surface area contributed by atoms with Crippen molar-refractivity contribution in [1.29, 1.82) is 0 Å². The van der Waals surface area contributed by atoms with Crippen molar-refractivity contribution < 1.29 is 22.7 Å². The molecular weight excluding hydrogens is 534 g/mol. The molecule has 0 radical (unpaired) electrons. The average Bonchev–Trinajstić information content (AvgIpc) is 3.01. The number of carbonyl (C=O) groups excluding carboxylic acids is 2. The maximum Gasteiger partial charge on any atom is 0.341 e. The number of amides is 1. The van der Waals surface area contributed by atoms with Gasteiger partial charge in [0.05, 0.1) is 17.1 Å². The van der Waals surface area contributed by atoms with Crippen molar-refractivity contribution in [2.75, 3.05) is 31.6 Å². The van der Waals surface area contributed by atoms with Gasteiger partial charge in [-0.15, -0.1) is 23.7 Å². The summed E-state index contributed by atoms with van der Waals surface area (Å²) in [6.07, 6.45) is 4.53. The zero-order valence-corrected chi connectivity index (χ0v) is 24.1. The molecule has 1 saturated heterocycles. The van der Waals surface area contributed by atoms with Crippen molar-refractivity contribution in [3.8, 4) is 0 Å². The molecule has 2 aromatic rings. The van der Waals surface area contributed by atoms with E-state index in [1.54, 1.807) is 6.92 Å². The van der Waals surface area contributed by atoms with Gasteiger partial charge in [-0.3, -0.25) is 9.69 Å². The van der Waals surface area contributed by atoms with Gasteiger partial charge in [0.2, 0.25) is 10.0 Å². The van der Waals surface area contributed by atoms with E-state index in [0.717, 1.165) is 55.6 Å². The number of thiophene rings is 1. The SMILES string of the molecule is CCOC(=O)c1c(NC(=O)c2ccc(S(=O)(=O)N3CCCCCC3)cc2)sc2c1CCN(C(C)C)C2.Cl. The van der Waals surface area contributed by atoms with Crippen LogP contribution >= 0.6 is 23.7 Å². The number of rotatable bonds is 7. The minimum Gasteiger partial charge on any atom is -0.462 e.